The molecule has 0 spiro atoms. The van der Waals surface area contributed by atoms with Crippen molar-refractivity contribution in [2.45, 2.75) is 42.3 Å². The van der Waals surface area contributed by atoms with Crippen LogP contribution in [0, 0.1) is 6.92 Å². The summed E-state index contributed by atoms with van der Waals surface area (Å²) in [7, 11) is 0. The number of fused-ring (bicyclic) bond motifs is 1. The lowest BCUT2D eigenvalue weighted by Crippen LogP contribution is -2.37. The molecule has 4 rings (SSSR count). The first-order valence-electron chi connectivity index (χ1n) is 8.55. The van der Waals surface area contributed by atoms with Crippen LogP contribution >= 0.6 is 23.1 Å². The highest BCUT2D eigenvalue weighted by atomic mass is 32.2. The zero-order chi connectivity index (χ0) is 19.0. The number of para-hydroxylation sites is 1. The van der Waals surface area contributed by atoms with Gasteiger partial charge in [-0.15, -0.1) is 10.2 Å². The second kappa shape index (κ2) is 7.55. The van der Waals surface area contributed by atoms with Crippen molar-refractivity contribution in [2.24, 2.45) is 0 Å². The summed E-state index contributed by atoms with van der Waals surface area (Å²) in [6.45, 7) is 1.31. The Labute approximate surface area is 162 Å². The van der Waals surface area contributed by atoms with Gasteiger partial charge in [-0.3, -0.25) is 4.79 Å². The van der Waals surface area contributed by atoms with Crippen molar-refractivity contribution in [1.82, 2.24) is 15.1 Å². The molecule has 3 aromatic rings. The molecule has 5 nitrogen and oxygen atoms in total. The Bertz CT molecular complexity index is 969. The number of hydrogen-bond donors (Lipinski definition) is 0. The Balaban J connectivity index is 1.67. The Morgan fingerprint density at radius 2 is 2.15 bits per heavy atom. The van der Waals surface area contributed by atoms with E-state index < -0.39 is 18.9 Å². The van der Waals surface area contributed by atoms with Crippen LogP contribution in [0.5, 0.6) is 0 Å². The number of furan rings is 1. The minimum atomic E-state index is -2.57. The number of carbonyl (C=O) groups excluding carboxylic acids is 1. The van der Waals surface area contributed by atoms with Crippen molar-refractivity contribution in [3.8, 4) is 0 Å². The molecule has 1 aliphatic carbocycles. The molecule has 1 fully saturated rings. The fraction of sp³-hybridized carbons (Fsp3) is 0.389. The Morgan fingerprint density at radius 3 is 2.81 bits per heavy atom. The Hall–Kier alpha value is -2.00. The minimum absolute atomic E-state index is 0.119. The van der Waals surface area contributed by atoms with Crippen molar-refractivity contribution in [3.63, 3.8) is 0 Å². The highest BCUT2D eigenvalue weighted by molar-refractivity contribution is 8.00. The second-order valence-corrected chi connectivity index (χ2v) is 8.77. The molecule has 2 heterocycles. The first-order valence-corrected chi connectivity index (χ1v) is 10.4. The molecule has 0 bridgehead atoms. The number of amides is 1. The molecule has 1 aromatic carbocycles. The van der Waals surface area contributed by atoms with E-state index >= 15 is 0 Å². The molecule has 0 N–H and O–H groups in total. The number of aryl methyl sites for hydroxylation is 1. The smallest absolute Gasteiger partial charge is 0.290 e. The van der Waals surface area contributed by atoms with E-state index in [2.05, 4.69) is 10.2 Å². The maximum Gasteiger partial charge on any atom is 0.290 e. The van der Waals surface area contributed by atoms with Gasteiger partial charge in [0.05, 0.1) is 6.54 Å². The Morgan fingerprint density at radius 1 is 1.37 bits per heavy atom. The number of aromatic nitrogens is 2. The van der Waals surface area contributed by atoms with E-state index in [0.29, 0.717) is 16.9 Å². The number of halogens is 2. The predicted molar refractivity (Wildman–Crippen MR) is 100 cm³/mol. The van der Waals surface area contributed by atoms with Gasteiger partial charge in [0, 0.05) is 22.7 Å². The highest BCUT2D eigenvalue weighted by Gasteiger charge is 2.37. The maximum absolute atomic E-state index is 13.0. The third-order valence-corrected chi connectivity index (χ3v) is 6.32. The highest BCUT2D eigenvalue weighted by Crippen LogP contribution is 2.36. The van der Waals surface area contributed by atoms with Gasteiger partial charge in [0.1, 0.15) is 10.6 Å². The van der Waals surface area contributed by atoms with Crippen LogP contribution in [0.3, 0.4) is 0 Å². The molecule has 0 aliphatic heterocycles. The van der Waals surface area contributed by atoms with E-state index in [1.807, 2.05) is 25.1 Å². The summed E-state index contributed by atoms with van der Waals surface area (Å²) >= 11 is 2.94. The van der Waals surface area contributed by atoms with Crippen molar-refractivity contribution in [1.29, 1.82) is 0 Å². The number of carbonyl (C=O) groups is 1. The van der Waals surface area contributed by atoms with Gasteiger partial charge in [-0.05, 0) is 25.8 Å². The standard InChI is InChI=1S/C18H17F2N3O2S2/c1-10-21-22-18(27-10)26-9-13-12-4-2-3-5-14(12)25-16(13)17(24)23(8-15(19)20)11-6-7-11/h2-5,11,15H,6-9H2,1H3. The van der Waals surface area contributed by atoms with E-state index in [9.17, 15) is 13.6 Å². The first kappa shape index (κ1) is 18.4. The van der Waals surface area contributed by atoms with Gasteiger partial charge in [0.25, 0.3) is 12.3 Å². The van der Waals surface area contributed by atoms with Crippen LogP contribution in [0.2, 0.25) is 0 Å². The number of nitrogens with zero attached hydrogens (tertiary/aromatic N) is 3. The fourth-order valence-corrected chi connectivity index (χ4v) is 4.79. The van der Waals surface area contributed by atoms with Crippen LogP contribution in [-0.2, 0) is 5.75 Å². The molecule has 1 aliphatic rings. The van der Waals surface area contributed by atoms with E-state index in [4.69, 9.17) is 4.42 Å². The lowest BCUT2D eigenvalue weighted by molar-refractivity contribution is 0.0508. The quantitative estimate of drug-likeness (QED) is 0.527. The molecule has 2 aromatic heterocycles. The van der Waals surface area contributed by atoms with Crippen LogP contribution in [-0.4, -0.2) is 40.0 Å². The second-order valence-electron chi connectivity index (χ2n) is 6.36. The van der Waals surface area contributed by atoms with Crippen molar-refractivity contribution in [2.75, 3.05) is 6.54 Å². The molecule has 0 atom stereocenters. The normalized spacial score (nSPS) is 14.2. The van der Waals surface area contributed by atoms with Gasteiger partial charge in [-0.2, -0.15) is 0 Å². The monoisotopic (exact) mass is 409 g/mol. The summed E-state index contributed by atoms with van der Waals surface area (Å²) in [4.78, 5) is 14.3. The van der Waals surface area contributed by atoms with Gasteiger partial charge >= 0.3 is 0 Å². The number of thioether (sulfide) groups is 1. The van der Waals surface area contributed by atoms with Gasteiger partial charge < -0.3 is 9.32 Å². The number of alkyl halides is 2. The molecule has 9 heteroatoms. The third kappa shape index (κ3) is 3.98. The first-order chi connectivity index (χ1) is 13.0. The van der Waals surface area contributed by atoms with Gasteiger partial charge in [0.2, 0.25) is 0 Å². The van der Waals surface area contributed by atoms with Crippen LogP contribution in [0.25, 0.3) is 11.0 Å². The van der Waals surface area contributed by atoms with Gasteiger partial charge in [0.15, 0.2) is 10.1 Å². The van der Waals surface area contributed by atoms with Crippen LogP contribution in [0.15, 0.2) is 33.0 Å². The fourth-order valence-electron chi connectivity index (χ4n) is 2.95. The third-order valence-electron chi connectivity index (χ3n) is 4.32. The van der Waals surface area contributed by atoms with E-state index in [-0.39, 0.29) is 11.8 Å². The molecule has 1 saturated carbocycles. The van der Waals surface area contributed by atoms with Crippen molar-refractivity contribution in [3.05, 3.63) is 40.6 Å². The molecule has 1 amide bonds. The minimum Gasteiger partial charge on any atom is -0.451 e. The summed E-state index contributed by atoms with van der Waals surface area (Å²) < 4.78 is 32.6. The zero-order valence-corrected chi connectivity index (χ0v) is 16.2. The molecule has 0 unspecified atom stereocenters. The van der Waals surface area contributed by atoms with E-state index in [0.717, 1.165) is 27.6 Å². The molecule has 27 heavy (non-hydrogen) atoms. The largest absolute Gasteiger partial charge is 0.451 e. The van der Waals surface area contributed by atoms with Crippen LogP contribution in [0.4, 0.5) is 8.78 Å². The average molecular weight is 409 g/mol. The summed E-state index contributed by atoms with van der Waals surface area (Å²) in [6.07, 6.45) is -1.05. The number of rotatable bonds is 7. The maximum atomic E-state index is 13.0. The molecule has 0 saturated heterocycles. The average Bonchev–Trinajstić information content (AvgIpc) is 3.30. The zero-order valence-electron chi connectivity index (χ0n) is 14.5. The summed E-state index contributed by atoms with van der Waals surface area (Å²) in [5.74, 6) is 0.149. The Kier molecular flexibility index (Phi) is 5.14. The van der Waals surface area contributed by atoms with E-state index in [1.165, 1.54) is 28.0 Å². The predicted octanol–water partition coefficient (Wildman–Crippen LogP) is 4.75. The number of benzene rings is 1. The van der Waals surface area contributed by atoms with Crippen LogP contribution < -0.4 is 0 Å². The summed E-state index contributed by atoms with van der Waals surface area (Å²) in [5.41, 5.74) is 1.30. The SMILES string of the molecule is Cc1nnc(SCc2c(C(=O)N(CC(F)F)C3CC3)oc3ccccc23)s1. The number of hydrogen-bond acceptors (Lipinski definition) is 6. The topological polar surface area (TPSA) is 59.2 Å². The van der Waals surface area contributed by atoms with Crippen molar-refractivity contribution < 1.29 is 18.0 Å². The van der Waals surface area contributed by atoms with Crippen LogP contribution in [0.1, 0.15) is 34.0 Å². The molecule has 0 radical (unpaired) electrons. The lowest BCUT2D eigenvalue weighted by atomic mass is 10.1. The summed E-state index contributed by atoms with van der Waals surface area (Å²) in [5, 5.41) is 9.77. The molecule has 142 valence electrons. The summed E-state index contributed by atoms with van der Waals surface area (Å²) in [6, 6.07) is 7.23. The van der Waals surface area contributed by atoms with Gasteiger partial charge in [-0.1, -0.05) is 41.3 Å². The lowest BCUT2D eigenvalue weighted by Gasteiger charge is -2.21. The van der Waals surface area contributed by atoms with E-state index in [1.54, 1.807) is 6.07 Å². The molecular weight excluding hydrogens is 392 g/mol. The van der Waals surface area contributed by atoms with Crippen molar-refractivity contribution >= 4 is 40.0 Å². The molecular formula is C18H17F2N3O2S2. The van der Waals surface area contributed by atoms with Gasteiger partial charge in [-0.25, -0.2) is 8.78 Å².